The van der Waals surface area contributed by atoms with E-state index in [-0.39, 0.29) is 12.0 Å². The van der Waals surface area contributed by atoms with Gasteiger partial charge in [-0.15, -0.1) is 0 Å². The molecule has 0 aliphatic heterocycles. The molecule has 2 N–H and O–H groups in total. The van der Waals surface area contributed by atoms with E-state index in [9.17, 15) is 4.79 Å². The third kappa shape index (κ3) is 5.30. The van der Waals surface area contributed by atoms with Crippen molar-refractivity contribution in [2.45, 2.75) is 40.2 Å². The summed E-state index contributed by atoms with van der Waals surface area (Å²) in [4.78, 5) is 11.9. The minimum atomic E-state index is -0.336. The van der Waals surface area contributed by atoms with E-state index in [0.717, 1.165) is 12.1 Å². The Morgan fingerprint density at radius 1 is 1.12 bits per heavy atom. The molecule has 0 bridgehead atoms. The molecule has 4 nitrogen and oxygen atoms in total. The number of hydrogen-bond donors (Lipinski definition) is 2. The van der Waals surface area contributed by atoms with Gasteiger partial charge in [0, 0.05) is 5.69 Å². The lowest BCUT2D eigenvalue weighted by Gasteiger charge is -2.21. The largest absolute Gasteiger partial charge is 0.462 e. The van der Waals surface area contributed by atoms with Gasteiger partial charge in [0.1, 0.15) is 0 Å². The Hall–Kier alpha value is -2.40. The zero-order chi connectivity index (χ0) is 19.1. The Morgan fingerprint density at radius 3 is 2.54 bits per heavy atom. The molecule has 5 heteroatoms. The van der Waals surface area contributed by atoms with Gasteiger partial charge in [0.2, 0.25) is 0 Å². The maximum atomic E-state index is 11.9. The smallest absolute Gasteiger partial charge is 0.338 e. The molecule has 0 spiro atoms. The van der Waals surface area contributed by atoms with Crippen LogP contribution in [0.3, 0.4) is 0 Å². The van der Waals surface area contributed by atoms with E-state index in [1.807, 2.05) is 6.07 Å². The number of benzene rings is 2. The molecule has 0 saturated carbocycles. The predicted octanol–water partition coefficient (Wildman–Crippen LogP) is 4.92. The minimum Gasteiger partial charge on any atom is -0.462 e. The van der Waals surface area contributed by atoms with Crippen LogP contribution in [-0.4, -0.2) is 17.7 Å². The number of ether oxygens (including phenoxy) is 1. The van der Waals surface area contributed by atoms with Gasteiger partial charge < -0.3 is 15.4 Å². The monoisotopic (exact) mass is 370 g/mol. The highest BCUT2D eigenvalue weighted by Crippen LogP contribution is 2.20. The van der Waals surface area contributed by atoms with Crippen molar-refractivity contribution < 1.29 is 9.53 Å². The van der Waals surface area contributed by atoms with Crippen molar-refractivity contribution in [2.75, 3.05) is 11.9 Å². The fraction of sp³-hybridized carbons (Fsp3) is 0.333. The third-order valence-electron chi connectivity index (χ3n) is 4.28. The molecule has 0 aliphatic carbocycles. The van der Waals surface area contributed by atoms with Gasteiger partial charge in [0.25, 0.3) is 0 Å². The van der Waals surface area contributed by atoms with Crippen LogP contribution in [0, 0.1) is 13.8 Å². The summed E-state index contributed by atoms with van der Waals surface area (Å²) in [5.41, 5.74) is 5.01. The van der Waals surface area contributed by atoms with Gasteiger partial charge in [-0.05, 0) is 74.3 Å². The summed E-state index contributed by atoms with van der Waals surface area (Å²) in [7, 11) is 0. The summed E-state index contributed by atoms with van der Waals surface area (Å²) in [6.45, 7) is 8.48. The highest BCUT2D eigenvalue weighted by molar-refractivity contribution is 7.80. The fourth-order valence-corrected chi connectivity index (χ4v) is 2.93. The SMILES string of the molecule is CCOC(=O)c1cccc(NC(=S)N[C@H](CC)c2ccc(C)c(C)c2)c1. The number of anilines is 1. The van der Waals surface area contributed by atoms with E-state index in [0.29, 0.717) is 17.3 Å². The molecule has 0 amide bonds. The molecule has 0 heterocycles. The molecule has 2 aromatic carbocycles. The number of aryl methyl sites for hydroxylation is 2. The topological polar surface area (TPSA) is 50.4 Å². The number of esters is 1. The number of hydrogen-bond acceptors (Lipinski definition) is 3. The quantitative estimate of drug-likeness (QED) is 0.558. The predicted molar refractivity (Wildman–Crippen MR) is 111 cm³/mol. The van der Waals surface area contributed by atoms with Crippen molar-refractivity contribution in [2.24, 2.45) is 0 Å². The number of thiocarbonyl (C=S) groups is 1. The normalized spacial score (nSPS) is 11.5. The van der Waals surface area contributed by atoms with E-state index >= 15 is 0 Å². The molecule has 0 aromatic heterocycles. The first-order valence-corrected chi connectivity index (χ1v) is 9.27. The number of nitrogens with one attached hydrogen (secondary N) is 2. The molecular formula is C21H26N2O2S. The molecule has 0 aliphatic rings. The average Bonchev–Trinajstić information content (AvgIpc) is 2.62. The lowest BCUT2D eigenvalue weighted by atomic mass is 9.99. The summed E-state index contributed by atoms with van der Waals surface area (Å²) in [5.74, 6) is -0.336. The standard InChI is InChI=1S/C21H26N2O2S/c1-5-19(16-11-10-14(3)15(4)12-16)23-21(26)22-18-9-7-8-17(13-18)20(24)25-6-2/h7-13,19H,5-6H2,1-4H3,(H2,22,23,26)/t19-/m1/s1. The van der Waals surface area contributed by atoms with Gasteiger partial charge in [0.15, 0.2) is 5.11 Å². The highest BCUT2D eigenvalue weighted by Gasteiger charge is 2.12. The Kier molecular flexibility index (Phi) is 7.16. The van der Waals surface area contributed by atoms with Crippen LogP contribution in [0.1, 0.15) is 53.4 Å². The number of carbonyl (C=O) groups excluding carboxylic acids is 1. The summed E-state index contributed by atoms with van der Waals surface area (Å²) >= 11 is 5.46. The van der Waals surface area contributed by atoms with Crippen molar-refractivity contribution >= 4 is 29.0 Å². The maximum Gasteiger partial charge on any atom is 0.338 e. The van der Waals surface area contributed by atoms with Crippen LogP contribution in [-0.2, 0) is 4.74 Å². The Morgan fingerprint density at radius 2 is 1.88 bits per heavy atom. The summed E-state index contributed by atoms with van der Waals surface area (Å²) < 4.78 is 5.03. The second-order valence-electron chi connectivity index (χ2n) is 6.20. The van der Waals surface area contributed by atoms with Crippen LogP contribution in [0.25, 0.3) is 0 Å². The molecule has 138 valence electrons. The molecule has 2 rings (SSSR count). The van der Waals surface area contributed by atoms with Crippen LogP contribution in [0.5, 0.6) is 0 Å². The molecule has 0 unspecified atom stereocenters. The van der Waals surface area contributed by atoms with Crippen LogP contribution >= 0.6 is 12.2 Å². The molecule has 0 saturated heterocycles. The fourth-order valence-electron chi connectivity index (χ4n) is 2.67. The first-order valence-electron chi connectivity index (χ1n) is 8.86. The molecule has 0 fully saturated rings. The maximum absolute atomic E-state index is 11.9. The van der Waals surface area contributed by atoms with E-state index in [1.54, 1.807) is 25.1 Å². The van der Waals surface area contributed by atoms with Crippen molar-refractivity contribution in [3.05, 3.63) is 64.7 Å². The average molecular weight is 371 g/mol. The van der Waals surface area contributed by atoms with Crippen LogP contribution in [0.4, 0.5) is 5.69 Å². The molecular weight excluding hydrogens is 344 g/mol. The summed E-state index contributed by atoms with van der Waals surface area (Å²) in [6, 6.07) is 13.7. The van der Waals surface area contributed by atoms with Gasteiger partial charge >= 0.3 is 5.97 Å². The third-order valence-corrected chi connectivity index (χ3v) is 4.50. The molecule has 26 heavy (non-hydrogen) atoms. The first-order chi connectivity index (χ1) is 12.4. The molecule has 2 aromatic rings. The van der Waals surface area contributed by atoms with Crippen LogP contribution in [0.15, 0.2) is 42.5 Å². The second kappa shape index (κ2) is 9.34. The highest BCUT2D eigenvalue weighted by atomic mass is 32.1. The van der Waals surface area contributed by atoms with Crippen molar-refractivity contribution in [3.8, 4) is 0 Å². The lowest BCUT2D eigenvalue weighted by molar-refractivity contribution is 0.0526. The van der Waals surface area contributed by atoms with E-state index < -0.39 is 0 Å². The van der Waals surface area contributed by atoms with Crippen LogP contribution in [0.2, 0.25) is 0 Å². The van der Waals surface area contributed by atoms with E-state index in [1.165, 1.54) is 16.7 Å². The van der Waals surface area contributed by atoms with Crippen molar-refractivity contribution in [3.63, 3.8) is 0 Å². The number of rotatable bonds is 6. The molecule has 0 radical (unpaired) electrons. The van der Waals surface area contributed by atoms with Gasteiger partial charge in [0.05, 0.1) is 18.2 Å². The first kappa shape index (κ1) is 19.9. The minimum absolute atomic E-state index is 0.127. The Balaban J connectivity index is 2.06. The van der Waals surface area contributed by atoms with Gasteiger partial charge in [-0.3, -0.25) is 0 Å². The van der Waals surface area contributed by atoms with E-state index in [4.69, 9.17) is 17.0 Å². The van der Waals surface area contributed by atoms with Gasteiger partial charge in [-0.25, -0.2) is 4.79 Å². The summed E-state index contributed by atoms with van der Waals surface area (Å²) in [5, 5.41) is 7.03. The molecule has 1 atom stereocenters. The number of carbonyl (C=O) groups is 1. The van der Waals surface area contributed by atoms with E-state index in [2.05, 4.69) is 49.6 Å². The van der Waals surface area contributed by atoms with Gasteiger partial charge in [-0.1, -0.05) is 31.2 Å². The zero-order valence-electron chi connectivity index (χ0n) is 15.8. The van der Waals surface area contributed by atoms with Crippen LogP contribution < -0.4 is 10.6 Å². The zero-order valence-corrected chi connectivity index (χ0v) is 16.6. The summed E-state index contributed by atoms with van der Waals surface area (Å²) in [6.07, 6.45) is 0.910. The second-order valence-corrected chi connectivity index (χ2v) is 6.61. The van der Waals surface area contributed by atoms with Crippen molar-refractivity contribution in [1.82, 2.24) is 5.32 Å². The van der Waals surface area contributed by atoms with Gasteiger partial charge in [-0.2, -0.15) is 0 Å². The Bertz CT molecular complexity index is 789. The van der Waals surface area contributed by atoms with Crippen molar-refractivity contribution in [1.29, 1.82) is 0 Å². The lowest BCUT2D eigenvalue weighted by Crippen LogP contribution is -2.32. The Labute approximate surface area is 161 Å².